The fourth-order valence-electron chi connectivity index (χ4n) is 2.70. The molecule has 5 nitrogen and oxygen atoms in total. The van der Waals surface area contributed by atoms with E-state index in [1.807, 2.05) is 13.8 Å². The van der Waals surface area contributed by atoms with Gasteiger partial charge in [0.2, 0.25) is 5.91 Å². The molecule has 2 rings (SSSR count). The molecule has 0 saturated heterocycles. The predicted octanol–water partition coefficient (Wildman–Crippen LogP) is 6.12. The number of benzene rings is 2. The van der Waals surface area contributed by atoms with Gasteiger partial charge in [-0.2, -0.15) is 0 Å². The summed E-state index contributed by atoms with van der Waals surface area (Å²) in [7, 11) is 0. The second-order valence-electron chi connectivity index (χ2n) is 7.11. The van der Waals surface area contributed by atoms with E-state index in [0.717, 1.165) is 10.9 Å². The highest BCUT2D eigenvalue weighted by Gasteiger charge is 2.28. The van der Waals surface area contributed by atoms with E-state index < -0.39 is 6.04 Å². The fourth-order valence-corrected chi connectivity index (χ4v) is 3.89. The molecule has 0 bridgehead atoms. The Morgan fingerprint density at radius 3 is 2.42 bits per heavy atom. The first-order chi connectivity index (χ1) is 14.6. The zero-order valence-corrected chi connectivity index (χ0v) is 21.3. The van der Waals surface area contributed by atoms with Crippen molar-refractivity contribution in [3.8, 4) is 5.75 Å². The van der Waals surface area contributed by atoms with Crippen LogP contribution in [0.1, 0.15) is 32.8 Å². The van der Waals surface area contributed by atoms with E-state index in [-0.39, 0.29) is 31.0 Å². The summed E-state index contributed by atoms with van der Waals surface area (Å²) in [6, 6.07) is 9.38. The van der Waals surface area contributed by atoms with Gasteiger partial charge in [-0.15, -0.1) is 0 Å². The normalized spacial score (nSPS) is 12.7. The zero-order valence-electron chi connectivity index (χ0n) is 17.4. The van der Waals surface area contributed by atoms with Crippen molar-refractivity contribution in [2.45, 2.75) is 45.8 Å². The molecule has 0 aromatic heterocycles. The van der Waals surface area contributed by atoms with Gasteiger partial charge in [0.1, 0.15) is 11.8 Å². The molecule has 0 fully saturated rings. The molecule has 2 aromatic rings. The van der Waals surface area contributed by atoms with Gasteiger partial charge in [0.05, 0.1) is 5.02 Å². The Balaban J connectivity index is 2.22. The summed E-state index contributed by atoms with van der Waals surface area (Å²) in [4.78, 5) is 27.2. The quantitative estimate of drug-likeness (QED) is 0.409. The summed E-state index contributed by atoms with van der Waals surface area (Å²) in [5.74, 6) is -0.259. The van der Waals surface area contributed by atoms with Crippen LogP contribution in [0.3, 0.4) is 0 Å². The van der Waals surface area contributed by atoms with Crippen molar-refractivity contribution in [3.63, 3.8) is 0 Å². The Bertz CT molecular complexity index is 942. The average Bonchev–Trinajstić information content (AvgIpc) is 2.71. The Labute approximate surface area is 206 Å². The predicted molar refractivity (Wildman–Crippen MR) is 129 cm³/mol. The van der Waals surface area contributed by atoms with Crippen LogP contribution in [0.2, 0.25) is 15.1 Å². The highest BCUT2D eigenvalue weighted by molar-refractivity contribution is 9.10. The lowest BCUT2D eigenvalue weighted by Gasteiger charge is -2.30. The van der Waals surface area contributed by atoms with Crippen molar-refractivity contribution >= 4 is 62.5 Å². The minimum atomic E-state index is -0.739. The lowest BCUT2D eigenvalue weighted by atomic mass is 10.1. The van der Waals surface area contributed by atoms with Crippen LogP contribution in [0, 0.1) is 0 Å². The second kappa shape index (κ2) is 12.0. The highest BCUT2D eigenvalue weighted by atomic mass is 79.9. The monoisotopic (exact) mass is 548 g/mol. The van der Waals surface area contributed by atoms with Crippen LogP contribution >= 0.6 is 50.7 Å². The van der Waals surface area contributed by atoms with Crippen molar-refractivity contribution in [2.75, 3.05) is 6.61 Å². The summed E-state index contributed by atoms with van der Waals surface area (Å²) in [6.45, 7) is 5.40. The Hall–Kier alpha value is -1.47. The molecule has 0 unspecified atom stereocenters. The van der Waals surface area contributed by atoms with E-state index in [9.17, 15) is 9.59 Å². The average molecular weight is 551 g/mol. The highest BCUT2D eigenvalue weighted by Crippen LogP contribution is 2.28. The SMILES string of the molecule is CC[C@@H](C)NC(=O)[C@@H](C)N(Cc1ccc(Cl)cc1Cl)C(=O)COc1ccc(Br)cc1Cl. The van der Waals surface area contributed by atoms with Crippen LogP contribution in [-0.4, -0.2) is 35.4 Å². The molecule has 0 saturated carbocycles. The van der Waals surface area contributed by atoms with Gasteiger partial charge in [-0.3, -0.25) is 9.59 Å². The maximum Gasteiger partial charge on any atom is 0.261 e. The summed E-state index contributed by atoms with van der Waals surface area (Å²) in [6.07, 6.45) is 0.778. The summed E-state index contributed by atoms with van der Waals surface area (Å²) >= 11 is 21.8. The van der Waals surface area contributed by atoms with Gasteiger partial charge in [0.15, 0.2) is 6.61 Å². The van der Waals surface area contributed by atoms with E-state index in [1.165, 1.54) is 4.90 Å². The number of rotatable bonds is 9. The molecule has 9 heteroatoms. The number of carbonyl (C=O) groups is 2. The molecule has 0 aliphatic heterocycles. The Morgan fingerprint density at radius 2 is 1.81 bits per heavy atom. The first-order valence-electron chi connectivity index (χ1n) is 9.74. The second-order valence-corrected chi connectivity index (χ2v) is 9.28. The number of nitrogens with zero attached hydrogens (tertiary/aromatic N) is 1. The molecule has 2 amide bonds. The fraction of sp³-hybridized carbons (Fsp3) is 0.364. The lowest BCUT2D eigenvalue weighted by Crippen LogP contribution is -2.50. The van der Waals surface area contributed by atoms with Crippen molar-refractivity contribution < 1.29 is 14.3 Å². The summed E-state index contributed by atoms with van der Waals surface area (Å²) < 4.78 is 6.42. The molecule has 1 N–H and O–H groups in total. The van der Waals surface area contributed by atoms with Crippen LogP contribution < -0.4 is 10.1 Å². The molecule has 0 aliphatic carbocycles. The van der Waals surface area contributed by atoms with Crippen LogP contribution in [0.4, 0.5) is 0 Å². The van der Waals surface area contributed by atoms with Gasteiger partial charge in [0.25, 0.3) is 5.91 Å². The maximum atomic E-state index is 13.1. The smallest absolute Gasteiger partial charge is 0.261 e. The van der Waals surface area contributed by atoms with E-state index in [0.29, 0.717) is 26.4 Å². The Kier molecular flexibility index (Phi) is 9.94. The van der Waals surface area contributed by atoms with Crippen molar-refractivity contribution in [1.82, 2.24) is 10.2 Å². The van der Waals surface area contributed by atoms with Crippen molar-refractivity contribution in [1.29, 1.82) is 0 Å². The third kappa shape index (κ3) is 7.56. The zero-order chi connectivity index (χ0) is 23.1. The minimum Gasteiger partial charge on any atom is -0.482 e. The van der Waals surface area contributed by atoms with E-state index in [1.54, 1.807) is 43.3 Å². The molecule has 0 radical (unpaired) electrons. The molecule has 0 spiro atoms. The molecule has 2 aromatic carbocycles. The van der Waals surface area contributed by atoms with Gasteiger partial charge in [-0.05, 0) is 56.2 Å². The first kappa shape index (κ1) is 25.8. The first-order valence-corrected chi connectivity index (χ1v) is 11.7. The van der Waals surface area contributed by atoms with Crippen LogP contribution in [-0.2, 0) is 16.1 Å². The third-order valence-corrected chi connectivity index (χ3v) is 6.14. The number of hydrogen-bond donors (Lipinski definition) is 1. The van der Waals surface area contributed by atoms with Crippen LogP contribution in [0.25, 0.3) is 0 Å². The van der Waals surface area contributed by atoms with E-state index in [4.69, 9.17) is 39.5 Å². The van der Waals surface area contributed by atoms with Crippen LogP contribution in [0.15, 0.2) is 40.9 Å². The number of hydrogen-bond acceptors (Lipinski definition) is 3. The third-order valence-electron chi connectivity index (χ3n) is 4.77. The number of halogens is 4. The molecule has 0 heterocycles. The number of amides is 2. The number of carbonyl (C=O) groups excluding carboxylic acids is 2. The van der Waals surface area contributed by atoms with E-state index in [2.05, 4.69) is 21.2 Å². The molecule has 31 heavy (non-hydrogen) atoms. The number of nitrogens with one attached hydrogen (secondary N) is 1. The molecule has 2 atom stereocenters. The molecule has 168 valence electrons. The topological polar surface area (TPSA) is 58.6 Å². The van der Waals surface area contributed by atoms with Gasteiger partial charge >= 0.3 is 0 Å². The van der Waals surface area contributed by atoms with Gasteiger partial charge in [-0.1, -0.05) is 63.7 Å². The van der Waals surface area contributed by atoms with E-state index >= 15 is 0 Å². The minimum absolute atomic E-state index is 0.0103. The number of ether oxygens (including phenoxy) is 1. The molecule has 0 aliphatic rings. The molecular formula is C22H24BrCl3N2O3. The summed E-state index contributed by atoms with van der Waals surface area (Å²) in [5, 5.41) is 4.18. The van der Waals surface area contributed by atoms with Crippen molar-refractivity contribution in [2.24, 2.45) is 0 Å². The summed E-state index contributed by atoms with van der Waals surface area (Å²) in [5.41, 5.74) is 0.671. The largest absolute Gasteiger partial charge is 0.482 e. The van der Waals surface area contributed by atoms with Gasteiger partial charge in [-0.25, -0.2) is 0 Å². The maximum absolute atomic E-state index is 13.1. The standard InChI is InChI=1S/C22H24BrCl3N2O3/c1-4-13(2)27-22(30)14(3)28(11-15-5-7-17(24)10-18(15)25)21(29)12-31-20-8-6-16(23)9-19(20)26/h5-10,13-14H,4,11-12H2,1-3H3,(H,27,30)/t13-,14-/m1/s1. The van der Waals surface area contributed by atoms with Gasteiger partial charge in [0, 0.05) is 27.1 Å². The van der Waals surface area contributed by atoms with Crippen molar-refractivity contribution in [3.05, 3.63) is 61.5 Å². The van der Waals surface area contributed by atoms with Gasteiger partial charge < -0.3 is 15.0 Å². The van der Waals surface area contributed by atoms with Crippen LogP contribution in [0.5, 0.6) is 5.75 Å². The Morgan fingerprint density at radius 1 is 1.10 bits per heavy atom. The molecular weight excluding hydrogens is 527 g/mol. The lowest BCUT2D eigenvalue weighted by molar-refractivity contribution is -0.142.